The highest BCUT2D eigenvalue weighted by Crippen LogP contribution is 2.16. The van der Waals surface area contributed by atoms with Crippen LogP contribution in [0.15, 0.2) is 4.79 Å². The number of aliphatic hydroxyl groups excluding tert-OH is 1. The normalized spacial score (nSPS) is 16.2. The largest absolute Gasteiger partial charge is 0.501 e. The van der Waals surface area contributed by atoms with Gasteiger partial charge in [-0.15, -0.1) is 0 Å². The first-order chi connectivity index (χ1) is 9.95. The highest BCUT2D eigenvalue weighted by atomic mass is 16.4. The number of aliphatic hydroxyl groups is 1. The van der Waals surface area contributed by atoms with Gasteiger partial charge in [-0.25, -0.2) is 9.78 Å². The maximum Gasteiger partial charge on any atom is 0.358 e. The molecule has 2 rings (SSSR count). The summed E-state index contributed by atoms with van der Waals surface area (Å²) in [5.41, 5.74) is -1.42. The van der Waals surface area contributed by atoms with E-state index in [2.05, 4.69) is 9.88 Å². The Labute approximate surface area is 120 Å². The second kappa shape index (κ2) is 6.10. The molecule has 9 nitrogen and oxygen atoms in total. The van der Waals surface area contributed by atoms with E-state index in [1.807, 2.05) is 0 Å². The topological polar surface area (TPSA) is 119 Å². The van der Waals surface area contributed by atoms with Crippen LogP contribution >= 0.6 is 0 Å². The summed E-state index contributed by atoms with van der Waals surface area (Å²) in [6.45, 7) is 3.14. The molecular formula is C12H18N4O5. The first kappa shape index (κ1) is 15.3. The molecule has 0 radical (unpaired) electrons. The number of nitrogens with zero attached hydrogens (tertiary/aromatic N) is 4. The van der Waals surface area contributed by atoms with E-state index in [4.69, 9.17) is 10.2 Å². The SMILES string of the molecule is Cn1c(N2CCN(CCO)CC2)nc(C(=O)O)c(O)c1=O. The van der Waals surface area contributed by atoms with E-state index < -0.39 is 23.0 Å². The average molecular weight is 298 g/mol. The molecule has 3 N–H and O–H groups in total. The van der Waals surface area contributed by atoms with Crippen molar-refractivity contribution in [1.82, 2.24) is 14.5 Å². The smallest absolute Gasteiger partial charge is 0.358 e. The molecule has 0 atom stereocenters. The predicted octanol–water partition coefficient (Wildman–Crippen LogP) is -1.70. The molecule has 1 aromatic rings. The summed E-state index contributed by atoms with van der Waals surface area (Å²) < 4.78 is 1.14. The van der Waals surface area contributed by atoms with Crippen LogP contribution in [0.2, 0.25) is 0 Å². The number of hydrogen-bond donors (Lipinski definition) is 3. The van der Waals surface area contributed by atoms with Crippen molar-refractivity contribution in [2.75, 3.05) is 44.2 Å². The van der Waals surface area contributed by atoms with Crippen molar-refractivity contribution in [3.8, 4) is 5.75 Å². The first-order valence-electron chi connectivity index (χ1n) is 6.57. The molecule has 1 aromatic heterocycles. The number of anilines is 1. The number of hydrogen-bond acceptors (Lipinski definition) is 7. The number of carbonyl (C=O) groups is 1. The molecule has 116 valence electrons. The van der Waals surface area contributed by atoms with Crippen LogP contribution < -0.4 is 10.5 Å². The zero-order valence-corrected chi connectivity index (χ0v) is 11.7. The van der Waals surface area contributed by atoms with Crippen LogP contribution in [-0.2, 0) is 7.05 Å². The molecule has 21 heavy (non-hydrogen) atoms. The van der Waals surface area contributed by atoms with Crippen molar-refractivity contribution >= 4 is 11.9 Å². The van der Waals surface area contributed by atoms with Crippen LogP contribution in [0, 0.1) is 0 Å². The highest BCUT2D eigenvalue weighted by Gasteiger charge is 2.24. The van der Waals surface area contributed by atoms with Crippen LogP contribution in [0.4, 0.5) is 5.95 Å². The third-order valence-corrected chi connectivity index (χ3v) is 3.52. The molecule has 0 amide bonds. The fourth-order valence-corrected chi connectivity index (χ4v) is 2.32. The molecule has 0 bridgehead atoms. The Hall–Kier alpha value is -2.13. The number of carboxylic acid groups (broad SMARTS) is 1. The van der Waals surface area contributed by atoms with Gasteiger partial charge in [0.25, 0.3) is 5.56 Å². The quantitative estimate of drug-likeness (QED) is 0.602. The number of rotatable bonds is 4. The van der Waals surface area contributed by atoms with Crippen LogP contribution in [0.1, 0.15) is 10.5 Å². The van der Waals surface area contributed by atoms with Gasteiger partial charge in [0.2, 0.25) is 11.7 Å². The van der Waals surface area contributed by atoms with E-state index in [1.165, 1.54) is 7.05 Å². The minimum absolute atomic E-state index is 0.0824. The van der Waals surface area contributed by atoms with E-state index >= 15 is 0 Å². The van der Waals surface area contributed by atoms with Gasteiger partial charge in [0.1, 0.15) is 0 Å². The highest BCUT2D eigenvalue weighted by molar-refractivity contribution is 5.88. The van der Waals surface area contributed by atoms with Gasteiger partial charge in [0.05, 0.1) is 6.61 Å². The van der Waals surface area contributed by atoms with Gasteiger partial charge in [-0.3, -0.25) is 14.3 Å². The van der Waals surface area contributed by atoms with Crippen molar-refractivity contribution in [1.29, 1.82) is 0 Å². The Morgan fingerprint density at radius 1 is 1.29 bits per heavy atom. The third kappa shape index (κ3) is 2.98. The molecular weight excluding hydrogens is 280 g/mol. The Balaban J connectivity index is 2.29. The standard InChI is InChI=1S/C12H18N4O5/c1-14-10(19)9(18)8(11(20)21)13-12(14)16-4-2-15(3-5-16)6-7-17/h17-18H,2-7H2,1H3,(H,20,21). The Morgan fingerprint density at radius 3 is 2.43 bits per heavy atom. The summed E-state index contributed by atoms with van der Waals surface area (Å²) in [4.78, 5) is 30.6. The molecule has 0 unspecified atom stereocenters. The third-order valence-electron chi connectivity index (χ3n) is 3.52. The van der Waals surface area contributed by atoms with Gasteiger partial charge < -0.3 is 20.2 Å². The fraction of sp³-hybridized carbons (Fsp3) is 0.583. The van der Waals surface area contributed by atoms with Gasteiger partial charge in [-0.1, -0.05) is 0 Å². The Bertz CT molecular complexity index is 592. The van der Waals surface area contributed by atoms with Crippen molar-refractivity contribution in [3.05, 3.63) is 16.0 Å². The van der Waals surface area contributed by atoms with E-state index in [-0.39, 0.29) is 12.6 Å². The molecule has 0 aromatic carbocycles. The van der Waals surface area contributed by atoms with Crippen LogP contribution in [0.5, 0.6) is 5.75 Å². The summed E-state index contributed by atoms with van der Waals surface area (Å²) in [6.07, 6.45) is 0. The molecule has 9 heteroatoms. The molecule has 0 aliphatic carbocycles. The predicted molar refractivity (Wildman–Crippen MR) is 73.8 cm³/mol. The second-order valence-corrected chi connectivity index (χ2v) is 4.83. The van der Waals surface area contributed by atoms with E-state index in [0.717, 1.165) is 4.57 Å². The zero-order valence-electron chi connectivity index (χ0n) is 11.7. The fourth-order valence-electron chi connectivity index (χ4n) is 2.32. The van der Waals surface area contributed by atoms with Crippen molar-refractivity contribution < 1.29 is 20.1 Å². The number of aromatic hydroxyl groups is 1. The first-order valence-corrected chi connectivity index (χ1v) is 6.57. The number of aromatic carboxylic acids is 1. The zero-order chi connectivity index (χ0) is 15.6. The molecule has 1 aliphatic heterocycles. The average Bonchev–Trinajstić information content (AvgIpc) is 2.46. The number of piperazine rings is 1. The Morgan fingerprint density at radius 2 is 1.90 bits per heavy atom. The lowest BCUT2D eigenvalue weighted by Crippen LogP contribution is -2.49. The van der Waals surface area contributed by atoms with Crippen molar-refractivity contribution in [3.63, 3.8) is 0 Å². The van der Waals surface area contributed by atoms with Gasteiger partial charge >= 0.3 is 5.97 Å². The Kier molecular flexibility index (Phi) is 4.43. The molecule has 0 saturated carbocycles. The lowest BCUT2D eigenvalue weighted by atomic mass is 10.3. The number of carboxylic acids is 1. The second-order valence-electron chi connectivity index (χ2n) is 4.83. The molecule has 0 spiro atoms. The molecule has 1 saturated heterocycles. The van der Waals surface area contributed by atoms with Crippen molar-refractivity contribution in [2.45, 2.75) is 0 Å². The lowest BCUT2D eigenvalue weighted by molar-refractivity contribution is 0.0686. The minimum Gasteiger partial charge on any atom is -0.501 e. The van der Waals surface area contributed by atoms with Crippen LogP contribution in [0.3, 0.4) is 0 Å². The van der Waals surface area contributed by atoms with E-state index in [1.54, 1.807) is 4.90 Å². The lowest BCUT2D eigenvalue weighted by Gasteiger charge is -2.35. The van der Waals surface area contributed by atoms with Crippen LogP contribution in [-0.4, -0.2) is 75.1 Å². The summed E-state index contributed by atoms with van der Waals surface area (Å²) in [7, 11) is 1.44. The summed E-state index contributed by atoms with van der Waals surface area (Å²) in [5, 5.41) is 27.4. The van der Waals surface area contributed by atoms with Gasteiger partial charge in [0.15, 0.2) is 5.69 Å². The van der Waals surface area contributed by atoms with E-state index in [0.29, 0.717) is 32.7 Å². The molecule has 2 heterocycles. The van der Waals surface area contributed by atoms with Gasteiger partial charge in [-0.05, 0) is 0 Å². The maximum absolute atomic E-state index is 11.9. The molecule has 1 fully saturated rings. The minimum atomic E-state index is -1.44. The maximum atomic E-state index is 11.9. The number of aromatic nitrogens is 2. The van der Waals surface area contributed by atoms with Gasteiger partial charge in [0, 0.05) is 39.8 Å². The summed E-state index contributed by atoms with van der Waals surface area (Å²) >= 11 is 0. The van der Waals surface area contributed by atoms with Crippen molar-refractivity contribution in [2.24, 2.45) is 7.05 Å². The summed E-state index contributed by atoms with van der Waals surface area (Å²) in [5.74, 6) is -2.07. The summed E-state index contributed by atoms with van der Waals surface area (Å²) in [6, 6.07) is 0. The van der Waals surface area contributed by atoms with E-state index in [9.17, 15) is 14.7 Å². The number of β-amino-alcohol motifs (C(OH)–C–C–N with tert-alkyl or cyclic N) is 1. The molecule has 1 aliphatic rings. The monoisotopic (exact) mass is 298 g/mol. The van der Waals surface area contributed by atoms with Crippen LogP contribution in [0.25, 0.3) is 0 Å². The van der Waals surface area contributed by atoms with Gasteiger partial charge in [-0.2, -0.15) is 0 Å².